The van der Waals surface area contributed by atoms with Gasteiger partial charge in [0.05, 0.1) is 5.69 Å². The first-order chi connectivity index (χ1) is 13.7. The lowest BCUT2D eigenvalue weighted by Gasteiger charge is -2.41. The minimum atomic E-state index is 0.238. The predicted molar refractivity (Wildman–Crippen MR) is 114 cm³/mol. The molecule has 6 heteroatoms. The van der Waals surface area contributed by atoms with Crippen LogP contribution in [0.1, 0.15) is 23.1 Å². The molecular formula is C22H28N4OS. The third-order valence-electron chi connectivity index (χ3n) is 5.50. The van der Waals surface area contributed by atoms with Crippen molar-refractivity contribution in [3.8, 4) is 5.69 Å². The fourth-order valence-corrected chi connectivity index (χ4v) is 4.73. The third-order valence-corrected chi connectivity index (χ3v) is 6.23. The van der Waals surface area contributed by atoms with Crippen molar-refractivity contribution in [3.63, 3.8) is 0 Å². The summed E-state index contributed by atoms with van der Waals surface area (Å²) in [7, 11) is 0. The van der Waals surface area contributed by atoms with Crippen LogP contribution in [-0.2, 0) is 13.1 Å². The molecule has 0 amide bonds. The van der Waals surface area contributed by atoms with E-state index in [1.807, 2.05) is 23.1 Å². The molecule has 1 saturated heterocycles. The largest absolute Gasteiger partial charge is 0.396 e. The maximum atomic E-state index is 9.59. The van der Waals surface area contributed by atoms with Crippen molar-refractivity contribution in [2.75, 3.05) is 26.2 Å². The van der Waals surface area contributed by atoms with Gasteiger partial charge in [0, 0.05) is 57.8 Å². The Morgan fingerprint density at radius 1 is 1.21 bits per heavy atom. The summed E-state index contributed by atoms with van der Waals surface area (Å²) in [5.74, 6) is 0. The molecule has 1 N–H and O–H groups in total. The lowest BCUT2D eigenvalue weighted by Crippen LogP contribution is -2.52. The number of aromatic nitrogens is 2. The summed E-state index contributed by atoms with van der Waals surface area (Å²) in [5, 5.41) is 18.4. The van der Waals surface area contributed by atoms with Gasteiger partial charge in [-0.05, 0) is 53.4 Å². The lowest BCUT2D eigenvalue weighted by molar-refractivity contribution is 0.0500. The second kappa shape index (κ2) is 9.01. The average Bonchev–Trinajstić information content (AvgIpc) is 3.38. The number of piperazine rings is 1. The highest BCUT2D eigenvalue weighted by molar-refractivity contribution is 7.07. The average molecular weight is 397 g/mol. The number of benzene rings is 1. The van der Waals surface area contributed by atoms with Gasteiger partial charge in [-0.25, -0.2) is 4.68 Å². The second-order valence-electron chi connectivity index (χ2n) is 7.59. The van der Waals surface area contributed by atoms with E-state index in [4.69, 9.17) is 0 Å². The summed E-state index contributed by atoms with van der Waals surface area (Å²) >= 11 is 1.75. The van der Waals surface area contributed by atoms with Crippen LogP contribution in [0.15, 0.2) is 53.5 Å². The van der Waals surface area contributed by atoms with E-state index in [0.29, 0.717) is 6.04 Å². The minimum absolute atomic E-state index is 0.238. The zero-order chi connectivity index (χ0) is 19.3. The van der Waals surface area contributed by atoms with Crippen molar-refractivity contribution in [1.29, 1.82) is 0 Å². The first-order valence-corrected chi connectivity index (χ1v) is 10.8. The van der Waals surface area contributed by atoms with Crippen LogP contribution in [0.2, 0.25) is 0 Å². The Morgan fingerprint density at radius 3 is 2.89 bits per heavy atom. The number of rotatable bonds is 7. The van der Waals surface area contributed by atoms with Gasteiger partial charge in [0.1, 0.15) is 0 Å². The van der Waals surface area contributed by atoms with E-state index in [2.05, 4.69) is 56.8 Å². The zero-order valence-corrected chi connectivity index (χ0v) is 17.2. The quantitative estimate of drug-likeness (QED) is 0.665. The standard InChI is InChI=1S/C22H28N4OS/c1-18-3-4-22(26-8-2-7-23-26)20(13-18)15-24-9-10-25(21(16-24)5-11-27)14-19-6-12-28-17-19/h2-4,6-8,12-13,17,21,27H,5,9-11,14-16H2,1H3. The molecule has 1 atom stereocenters. The maximum absolute atomic E-state index is 9.59. The van der Waals surface area contributed by atoms with E-state index in [-0.39, 0.29) is 6.61 Å². The number of aryl methyl sites for hydroxylation is 1. The van der Waals surface area contributed by atoms with Crippen molar-refractivity contribution < 1.29 is 5.11 Å². The van der Waals surface area contributed by atoms with Gasteiger partial charge in [0.25, 0.3) is 0 Å². The summed E-state index contributed by atoms with van der Waals surface area (Å²) in [4.78, 5) is 5.05. The molecule has 1 aliphatic heterocycles. The molecule has 4 rings (SSSR count). The maximum Gasteiger partial charge on any atom is 0.0690 e. The van der Waals surface area contributed by atoms with Crippen molar-refractivity contribution in [2.24, 2.45) is 0 Å². The second-order valence-corrected chi connectivity index (χ2v) is 8.37. The van der Waals surface area contributed by atoms with Gasteiger partial charge in [-0.1, -0.05) is 17.7 Å². The van der Waals surface area contributed by atoms with Gasteiger partial charge in [0.2, 0.25) is 0 Å². The van der Waals surface area contributed by atoms with Crippen LogP contribution in [0.5, 0.6) is 0 Å². The molecule has 1 aliphatic rings. The Bertz CT molecular complexity index is 863. The highest BCUT2D eigenvalue weighted by Crippen LogP contribution is 2.22. The molecule has 1 unspecified atom stereocenters. The molecule has 0 aliphatic carbocycles. The topological polar surface area (TPSA) is 44.5 Å². The predicted octanol–water partition coefficient (Wildman–Crippen LogP) is 3.31. The minimum Gasteiger partial charge on any atom is -0.396 e. The number of hydrogen-bond donors (Lipinski definition) is 1. The van der Waals surface area contributed by atoms with Gasteiger partial charge in [-0.15, -0.1) is 0 Å². The molecule has 5 nitrogen and oxygen atoms in total. The molecule has 3 aromatic rings. The van der Waals surface area contributed by atoms with Crippen molar-refractivity contribution in [1.82, 2.24) is 19.6 Å². The Hall–Kier alpha value is -1.99. The monoisotopic (exact) mass is 396 g/mol. The van der Waals surface area contributed by atoms with Crippen LogP contribution in [0.25, 0.3) is 5.69 Å². The number of thiophene rings is 1. The van der Waals surface area contributed by atoms with E-state index in [0.717, 1.165) is 44.8 Å². The zero-order valence-electron chi connectivity index (χ0n) is 16.4. The molecule has 0 saturated carbocycles. The van der Waals surface area contributed by atoms with Crippen LogP contribution in [0.4, 0.5) is 0 Å². The van der Waals surface area contributed by atoms with Gasteiger partial charge in [0.15, 0.2) is 0 Å². The normalized spacial score (nSPS) is 18.6. The molecule has 1 aromatic carbocycles. The molecule has 1 fully saturated rings. The van der Waals surface area contributed by atoms with Crippen molar-refractivity contribution in [3.05, 3.63) is 70.2 Å². The van der Waals surface area contributed by atoms with E-state index >= 15 is 0 Å². The summed E-state index contributed by atoms with van der Waals surface area (Å²) in [6.07, 6.45) is 4.64. The molecule has 2 aromatic heterocycles. The number of aliphatic hydroxyl groups excluding tert-OH is 1. The van der Waals surface area contributed by atoms with E-state index in [1.165, 1.54) is 16.7 Å². The van der Waals surface area contributed by atoms with Crippen LogP contribution in [0, 0.1) is 6.92 Å². The summed E-state index contributed by atoms with van der Waals surface area (Å²) in [6.45, 7) is 7.32. The van der Waals surface area contributed by atoms with E-state index in [1.54, 1.807) is 11.3 Å². The Labute approximate surface area is 170 Å². The van der Waals surface area contributed by atoms with Crippen LogP contribution < -0.4 is 0 Å². The number of aliphatic hydroxyl groups is 1. The van der Waals surface area contributed by atoms with Crippen LogP contribution in [-0.4, -0.2) is 57.0 Å². The highest BCUT2D eigenvalue weighted by Gasteiger charge is 2.27. The van der Waals surface area contributed by atoms with Gasteiger partial charge in [-0.3, -0.25) is 9.80 Å². The Kier molecular flexibility index (Phi) is 6.22. The SMILES string of the molecule is Cc1ccc(-n2cccn2)c(CN2CCN(Cc3ccsc3)C(CCO)C2)c1. The fraction of sp³-hybridized carbons (Fsp3) is 0.409. The van der Waals surface area contributed by atoms with Gasteiger partial charge >= 0.3 is 0 Å². The fourth-order valence-electron chi connectivity index (χ4n) is 4.07. The number of hydrogen-bond acceptors (Lipinski definition) is 5. The molecular weight excluding hydrogens is 368 g/mol. The highest BCUT2D eigenvalue weighted by atomic mass is 32.1. The molecule has 148 valence electrons. The Balaban J connectivity index is 1.48. The van der Waals surface area contributed by atoms with Gasteiger partial charge < -0.3 is 5.11 Å². The lowest BCUT2D eigenvalue weighted by atomic mass is 10.0. The molecule has 0 spiro atoms. The molecule has 0 radical (unpaired) electrons. The van der Waals surface area contributed by atoms with Gasteiger partial charge in [-0.2, -0.15) is 16.4 Å². The third kappa shape index (κ3) is 4.52. The molecule has 0 bridgehead atoms. The first-order valence-electron chi connectivity index (χ1n) is 9.91. The molecule has 28 heavy (non-hydrogen) atoms. The smallest absolute Gasteiger partial charge is 0.0690 e. The summed E-state index contributed by atoms with van der Waals surface area (Å²) in [5.41, 5.74) is 5.10. The number of nitrogens with zero attached hydrogens (tertiary/aromatic N) is 4. The van der Waals surface area contributed by atoms with Crippen molar-refractivity contribution in [2.45, 2.75) is 32.5 Å². The van der Waals surface area contributed by atoms with Crippen LogP contribution in [0.3, 0.4) is 0 Å². The summed E-state index contributed by atoms with van der Waals surface area (Å²) < 4.78 is 1.95. The molecule has 3 heterocycles. The van der Waals surface area contributed by atoms with E-state index in [9.17, 15) is 5.11 Å². The van der Waals surface area contributed by atoms with Crippen molar-refractivity contribution >= 4 is 11.3 Å². The Morgan fingerprint density at radius 2 is 2.14 bits per heavy atom. The summed E-state index contributed by atoms with van der Waals surface area (Å²) in [6, 6.07) is 11.1. The first kappa shape index (κ1) is 19.3. The van der Waals surface area contributed by atoms with Crippen LogP contribution >= 0.6 is 11.3 Å². The van der Waals surface area contributed by atoms with E-state index < -0.39 is 0 Å².